The highest BCUT2D eigenvalue weighted by Crippen LogP contribution is 2.18. The van der Waals surface area contributed by atoms with Crippen molar-refractivity contribution >= 4 is 65.0 Å². The fourth-order valence-electron chi connectivity index (χ4n) is 7.37. The summed E-state index contributed by atoms with van der Waals surface area (Å²) in [5, 5.41) is 32.6. The van der Waals surface area contributed by atoms with Crippen molar-refractivity contribution in [1.82, 2.24) is 52.8 Å². The number of likely N-dealkylation sites (tertiary alicyclic amines) is 1. The molecule has 2 rings (SSSR count). The maximum atomic E-state index is 13.4. The predicted molar refractivity (Wildman–Crippen MR) is 238 cm³/mol. The van der Waals surface area contributed by atoms with E-state index >= 15 is 0 Å². The summed E-state index contributed by atoms with van der Waals surface area (Å²) in [5.41, 5.74) is 10.8. The summed E-state index contributed by atoms with van der Waals surface area (Å²) in [4.78, 5) is 142. The van der Waals surface area contributed by atoms with Gasteiger partial charge in [0.1, 0.15) is 36.3 Å². The SMILES string of the molecule is CC(C)C[C@H](NC(=O)CNC(=O)[C@H](CC(C)C)NC(=O)[C@H](CCC(N)=O)NC(=O)CNC(=O)[C@@H]1CCCN1)C(=O)N[C@@H](C)C(=O)NCC(=O)N1CCC[C@H]1C(=O)N[C@@H](CCCCN)C(=O)O. The molecular weight excluding hydrogens is 865 g/mol. The van der Waals surface area contributed by atoms with Crippen LogP contribution in [0.15, 0.2) is 0 Å². The van der Waals surface area contributed by atoms with Crippen LogP contribution in [-0.2, 0) is 52.7 Å². The number of hydrogen-bond donors (Lipinski definition) is 12. The van der Waals surface area contributed by atoms with Crippen LogP contribution in [0.5, 0.6) is 0 Å². The van der Waals surface area contributed by atoms with Gasteiger partial charge in [-0.1, -0.05) is 27.7 Å². The van der Waals surface area contributed by atoms with E-state index in [-0.39, 0.29) is 56.4 Å². The van der Waals surface area contributed by atoms with Gasteiger partial charge in [0.2, 0.25) is 59.1 Å². The van der Waals surface area contributed by atoms with E-state index < -0.39 is 121 Å². The second-order valence-corrected chi connectivity index (χ2v) is 17.5. The number of rotatable bonds is 29. The number of nitrogens with one attached hydrogen (secondary N) is 9. The first-order chi connectivity index (χ1) is 31.1. The van der Waals surface area contributed by atoms with Gasteiger partial charge in [-0.3, -0.25) is 47.9 Å². The van der Waals surface area contributed by atoms with E-state index in [2.05, 4.69) is 47.9 Å². The summed E-state index contributed by atoms with van der Waals surface area (Å²) in [6, 6.07) is -7.33. The lowest BCUT2D eigenvalue weighted by Gasteiger charge is -2.26. The monoisotopic (exact) mass is 937 g/mol. The van der Waals surface area contributed by atoms with Crippen LogP contribution in [0.25, 0.3) is 0 Å². The summed E-state index contributed by atoms with van der Waals surface area (Å²) >= 11 is 0. The molecule has 2 saturated heterocycles. The summed E-state index contributed by atoms with van der Waals surface area (Å²) in [6.07, 6.45) is 3.24. The van der Waals surface area contributed by atoms with Gasteiger partial charge < -0.3 is 69.3 Å². The van der Waals surface area contributed by atoms with Crippen LogP contribution in [0.3, 0.4) is 0 Å². The molecule has 0 unspecified atom stereocenters. The Hall–Kier alpha value is -5.91. The van der Waals surface area contributed by atoms with Crippen molar-refractivity contribution in [2.45, 2.75) is 148 Å². The fourth-order valence-corrected chi connectivity index (χ4v) is 7.37. The number of unbranched alkanes of at least 4 members (excludes halogenated alkanes) is 1. The van der Waals surface area contributed by atoms with E-state index in [9.17, 15) is 57.8 Å². The highest BCUT2D eigenvalue weighted by atomic mass is 16.4. The molecule has 10 amide bonds. The molecule has 0 radical (unpaired) electrons. The van der Waals surface area contributed by atoms with E-state index in [0.717, 1.165) is 6.42 Å². The van der Waals surface area contributed by atoms with E-state index in [1.807, 2.05) is 0 Å². The van der Waals surface area contributed by atoms with Crippen LogP contribution in [0.1, 0.15) is 105 Å². The molecule has 0 aromatic rings. The molecule has 66 heavy (non-hydrogen) atoms. The van der Waals surface area contributed by atoms with Crippen molar-refractivity contribution in [3.8, 4) is 0 Å². The molecule has 2 aliphatic heterocycles. The smallest absolute Gasteiger partial charge is 0.326 e. The molecule has 2 fully saturated rings. The Bertz CT molecular complexity index is 1720. The minimum Gasteiger partial charge on any atom is -0.480 e. The molecule has 0 spiro atoms. The minimum absolute atomic E-state index is 0.112. The number of amides is 10. The Morgan fingerprint density at radius 2 is 1.23 bits per heavy atom. The molecule has 0 saturated carbocycles. The maximum Gasteiger partial charge on any atom is 0.326 e. The Labute approximate surface area is 385 Å². The number of nitrogens with zero attached hydrogens (tertiary/aromatic N) is 1. The average Bonchev–Trinajstić information content (AvgIpc) is 3.98. The maximum absolute atomic E-state index is 13.4. The quantitative estimate of drug-likeness (QED) is 0.0319. The molecule has 7 atom stereocenters. The van der Waals surface area contributed by atoms with E-state index in [1.165, 1.54) is 11.8 Å². The van der Waals surface area contributed by atoms with Crippen LogP contribution >= 0.6 is 0 Å². The average molecular weight is 937 g/mol. The van der Waals surface area contributed by atoms with Crippen molar-refractivity contribution in [2.24, 2.45) is 23.3 Å². The van der Waals surface area contributed by atoms with E-state index in [4.69, 9.17) is 11.5 Å². The Balaban J connectivity index is 1.97. The second kappa shape index (κ2) is 28.9. The van der Waals surface area contributed by atoms with Crippen LogP contribution in [-0.4, -0.2) is 157 Å². The van der Waals surface area contributed by atoms with Gasteiger partial charge in [-0.05, 0) is 96.1 Å². The predicted octanol–water partition coefficient (Wildman–Crippen LogP) is -3.91. The summed E-state index contributed by atoms with van der Waals surface area (Å²) in [5.74, 6) is -8.26. The third kappa shape index (κ3) is 20.5. The van der Waals surface area contributed by atoms with E-state index in [0.29, 0.717) is 45.2 Å². The zero-order chi connectivity index (χ0) is 49.5. The van der Waals surface area contributed by atoms with Crippen molar-refractivity contribution in [3.63, 3.8) is 0 Å². The lowest BCUT2D eigenvalue weighted by atomic mass is 10.0. The topological polar surface area (TPSA) is 372 Å². The molecule has 0 bridgehead atoms. The van der Waals surface area contributed by atoms with Gasteiger partial charge in [0.05, 0.1) is 25.7 Å². The number of hydrogen-bond acceptors (Lipinski definition) is 13. The largest absolute Gasteiger partial charge is 0.480 e. The molecule has 24 heteroatoms. The molecule has 0 aromatic heterocycles. The fraction of sp³-hybridized carbons (Fsp3) is 0.738. The van der Waals surface area contributed by atoms with Crippen LogP contribution in [0, 0.1) is 11.8 Å². The first kappa shape index (κ1) is 56.2. The van der Waals surface area contributed by atoms with Gasteiger partial charge >= 0.3 is 5.97 Å². The molecule has 14 N–H and O–H groups in total. The lowest BCUT2D eigenvalue weighted by Crippen LogP contribution is -2.57. The molecule has 372 valence electrons. The molecule has 0 aliphatic carbocycles. The summed E-state index contributed by atoms with van der Waals surface area (Å²) in [7, 11) is 0. The number of nitrogens with two attached hydrogens (primary N) is 2. The highest BCUT2D eigenvalue weighted by Gasteiger charge is 2.36. The second-order valence-electron chi connectivity index (χ2n) is 17.5. The first-order valence-electron chi connectivity index (χ1n) is 22.7. The zero-order valence-corrected chi connectivity index (χ0v) is 38.8. The van der Waals surface area contributed by atoms with Crippen LogP contribution in [0.2, 0.25) is 0 Å². The molecule has 2 heterocycles. The van der Waals surface area contributed by atoms with Crippen molar-refractivity contribution in [1.29, 1.82) is 0 Å². The Morgan fingerprint density at radius 1 is 0.636 bits per heavy atom. The van der Waals surface area contributed by atoms with Gasteiger partial charge in [0.25, 0.3) is 0 Å². The Kier molecular flexibility index (Phi) is 24.6. The number of carboxylic acids is 1. The third-order valence-electron chi connectivity index (χ3n) is 10.9. The Morgan fingerprint density at radius 3 is 1.80 bits per heavy atom. The van der Waals surface area contributed by atoms with Crippen LogP contribution < -0.4 is 59.3 Å². The number of carbonyl (C=O) groups excluding carboxylic acids is 10. The third-order valence-corrected chi connectivity index (χ3v) is 10.9. The molecule has 0 aromatic carbocycles. The van der Waals surface area contributed by atoms with Gasteiger partial charge in [0, 0.05) is 13.0 Å². The molecule has 2 aliphatic rings. The molecule has 24 nitrogen and oxygen atoms in total. The lowest BCUT2D eigenvalue weighted by molar-refractivity contribution is -0.144. The van der Waals surface area contributed by atoms with Gasteiger partial charge in [-0.15, -0.1) is 0 Å². The standard InChI is InChI=1S/C42H72N12O12/c1-23(2)18-29(53-39(62)27(13-14-32(44)55)50-33(56)20-46-37(60)26-11-8-16-45-26)38(61)47-21-34(57)51-30(19-24(3)4)40(63)49-25(5)36(59)48-22-35(58)54-17-9-12-31(54)41(64)52-28(42(65)66)10-6-7-15-43/h23-31,45H,6-22,43H2,1-5H3,(H2,44,55)(H,46,60)(H,47,61)(H,48,59)(H,49,63)(H,50,56)(H,51,57)(H,52,64)(H,53,62)(H,65,66)/t25-,26-,27-,28-,29-,30-,31-/m0/s1. The molecular formula is C42H72N12O12. The number of aliphatic carboxylic acids is 1. The number of carboxylic acid groups (broad SMARTS) is 1. The summed E-state index contributed by atoms with van der Waals surface area (Å²) < 4.78 is 0. The minimum atomic E-state index is -1.30. The van der Waals surface area contributed by atoms with Gasteiger partial charge in [-0.25, -0.2) is 4.79 Å². The highest BCUT2D eigenvalue weighted by molar-refractivity contribution is 5.97. The normalized spacial score (nSPS) is 17.9. The summed E-state index contributed by atoms with van der Waals surface area (Å²) in [6.45, 7) is 8.26. The van der Waals surface area contributed by atoms with Gasteiger partial charge in [-0.2, -0.15) is 0 Å². The number of carbonyl (C=O) groups is 11. The first-order valence-corrected chi connectivity index (χ1v) is 22.7. The van der Waals surface area contributed by atoms with Crippen molar-refractivity contribution in [3.05, 3.63) is 0 Å². The zero-order valence-electron chi connectivity index (χ0n) is 38.8. The van der Waals surface area contributed by atoms with Gasteiger partial charge in [0.15, 0.2) is 0 Å². The van der Waals surface area contributed by atoms with Crippen molar-refractivity contribution in [2.75, 3.05) is 39.3 Å². The van der Waals surface area contributed by atoms with Crippen LogP contribution in [0.4, 0.5) is 0 Å². The van der Waals surface area contributed by atoms with E-state index in [1.54, 1.807) is 27.7 Å². The van der Waals surface area contributed by atoms with Crippen molar-refractivity contribution < 1.29 is 57.8 Å². The number of primary amides is 1.